The minimum absolute atomic E-state index is 0.224. The van der Waals surface area contributed by atoms with Crippen LogP contribution >= 0.6 is 0 Å². The van der Waals surface area contributed by atoms with Crippen LogP contribution in [0.3, 0.4) is 0 Å². The van der Waals surface area contributed by atoms with Crippen molar-refractivity contribution in [1.29, 1.82) is 0 Å². The molecule has 1 aliphatic carbocycles. The van der Waals surface area contributed by atoms with E-state index in [0.717, 1.165) is 59.3 Å². The van der Waals surface area contributed by atoms with Crippen LogP contribution in [0.2, 0.25) is 0 Å². The van der Waals surface area contributed by atoms with E-state index in [9.17, 15) is 9.90 Å². The number of rotatable bonds is 6. The molecule has 0 radical (unpaired) electrons. The number of aromatic carboxylic acids is 1. The zero-order valence-corrected chi connectivity index (χ0v) is 20.4. The van der Waals surface area contributed by atoms with Gasteiger partial charge in [0.25, 0.3) is 0 Å². The monoisotopic (exact) mass is 480 g/mol. The Morgan fingerprint density at radius 3 is 2.77 bits per heavy atom. The maximum atomic E-state index is 15.4. The van der Waals surface area contributed by atoms with Crippen molar-refractivity contribution in [3.8, 4) is 17.0 Å². The van der Waals surface area contributed by atoms with Gasteiger partial charge >= 0.3 is 5.97 Å². The first kappa shape index (κ1) is 23.8. The van der Waals surface area contributed by atoms with Crippen molar-refractivity contribution in [3.63, 3.8) is 0 Å². The number of carboxylic acid groups (broad SMARTS) is 1. The highest BCUT2D eigenvalue weighted by molar-refractivity contribution is 5.98. The Morgan fingerprint density at radius 1 is 1.20 bits per heavy atom. The molecule has 0 unspecified atom stereocenters. The highest BCUT2D eigenvalue weighted by Crippen LogP contribution is 2.47. The molecular weight excluding hydrogens is 447 g/mol. The Hall–Kier alpha value is -2.90. The van der Waals surface area contributed by atoms with Gasteiger partial charge in [-0.25, -0.2) is 9.18 Å². The van der Waals surface area contributed by atoms with Crippen LogP contribution in [0.1, 0.15) is 47.5 Å². The molecule has 1 N–H and O–H groups in total. The smallest absolute Gasteiger partial charge is 0.335 e. The van der Waals surface area contributed by atoms with E-state index in [4.69, 9.17) is 9.47 Å². The Kier molecular flexibility index (Phi) is 6.80. The number of hydrogen-bond acceptors (Lipinski definition) is 4. The molecule has 3 aromatic rings. The lowest BCUT2D eigenvalue weighted by molar-refractivity contribution is 0.00421. The lowest BCUT2D eigenvalue weighted by atomic mass is 9.80. The second-order valence-corrected chi connectivity index (χ2v) is 9.92. The van der Waals surface area contributed by atoms with Gasteiger partial charge in [-0.05, 0) is 56.8 Å². The van der Waals surface area contributed by atoms with Gasteiger partial charge in [-0.2, -0.15) is 0 Å². The number of nitrogens with zero attached hydrogens (tertiary/aromatic N) is 2. The number of ether oxygens (including phenoxy) is 2. The quantitative estimate of drug-likeness (QED) is 0.516. The molecule has 5 rings (SSSR count). The number of fused-ring (bicyclic) bond motifs is 5. The van der Waals surface area contributed by atoms with Gasteiger partial charge in [-0.3, -0.25) is 0 Å². The molecule has 186 valence electrons. The second-order valence-electron chi connectivity index (χ2n) is 9.92. The average molecular weight is 481 g/mol. The first-order valence-corrected chi connectivity index (χ1v) is 12.5. The summed E-state index contributed by atoms with van der Waals surface area (Å²) in [6, 6.07) is 13.1. The van der Waals surface area contributed by atoms with Gasteiger partial charge in [0, 0.05) is 28.9 Å². The van der Waals surface area contributed by atoms with Gasteiger partial charge < -0.3 is 24.0 Å². The standard InChI is InChI=1S/C28H33FN2O4/c1-30(2)13-14-34-19-16-31-24-15-18(28(32)33)11-12-21(24)26(20-7-3-5-9-23(20)29)27(31)22-8-4-6-10-25(22)35-17-19/h4,6,8,10-12,15,19-20,23H,3,5,7,9,13-14,16-17H2,1-2H3,(H,32,33)/t19-,20+,23+/m1/s1. The predicted octanol–water partition coefficient (Wildman–Crippen LogP) is 5.34. The maximum absolute atomic E-state index is 15.4. The molecular formula is C28H33FN2O4. The van der Waals surface area contributed by atoms with Crippen LogP contribution in [-0.4, -0.2) is 66.7 Å². The number of carbonyl (C=O) groups is 1. The Labute approximate surface area is 205 Å². The molecule has 2 aromatic carbocycles. The number of benzene rings is 2. The highest BCUT2D eigenvalue weighted by Gasteiger charge is 2.35. The van der Waals surface area contributed by atoms with Crippen molar-refractivity contribution in [2.45, 2.75) is 50.4 Å². The van der Waals surface area contributed by atoms with Gasteiger partial charge in [-0.1, -0.05) is 31.0 Å². The van der Waals surface area contributed by atoms with Crippen molar-refractivity contribution in [2.24, 2.45) is 0 Å². The third kappa shape index (κ3) is 4.67. The zero-order chi connectivity index (χ0) is 24.5. The molecule has 2 aliphatic rings. The van der Waals surface area contributed by atoms with Crippen molar-refractivity contribution in [2.75, 3.05) is 33.9 Å². The van der Waals surface area contributed by atoms with Crippen LogP contribution in [0.4, 0.5) is 4.39 Å². The number of aromatic nitrogens is 1. The first-order valence-electron chi connectivity index (χ1n) is 12.5. The minimum Gasteiger partial charge on any atom is -0.490 e. The summed E-state index contributed by atoms with van der Waals surface area (Å²) in [5.41, 5.74) is 3.84. The molecule has 1 fully saturated rings. The first-order chi connectivity index (χ1) is 16.9. The van der Waals surface area contributed by atoms with Gasteiger partial charge in [0.05, 0.1) is 24.4 Å². The van der Waals surface area contributed by atoms with E-state index in [2.05, 4.69) is 9.47 Å². The normalized spacial score (nSPS) is 22.2. The highest BCUT2D eigenvalue weighted by atomic mass is 19.1. The van der Waals surface area contributed by atoms with Crippen LogP contribution in [-0.2, 0) is 11.3 Å². The second kappa shape index (κ2) is 9.99. The van der Waals surface area contributed by atoms with E-state index in [-0.39, 0.29) is 17.6 Å². The number of likely N-dealkylation sites (N-methyl/N-ethyl adjacent to an activating group) is 1. The van der Waals surface area contributed by atoms with E-state index in [1.165, 1.54) is 0 Å². The molecule has 0 bridgehead atoms. The summed E-state index contributed by atoms with van der Waals surface area (Å²) in [6.45, 7) is 2.22. The fourth-order valence-electron chi connectivity index (χ4n) is 5.51. The summed E-state index contributed by atoms with van der Waals surface area (Å²) in [5, 5.41) is 10.6. The van der Waals surface area contributed by atoms with E-state index in [1.807, 2.05) is 44.4 Å². The van der Waals surface area contributed by atoms with Gasteiger partial charge in [0.15, 0.2) is 0 Å². The summed E-state index contributed by atoms with van der Waals surface area (Å²) >= 11 is 0. The molecule has 0 spiro atoms. The Morgan fingerprint density at radius 2 is 2.00 bits per heavy atom. The molecule has 1 saturated carbocycles. The van der Waals surface area contributed by atoms with Crippen LogP contribution in [0, 0.1) is 0 Å². The maximum Gasteiger partial charge on any atom is 0.335 e. The predicted molar refractivity (Wildman–Crippen MR) is 134 cm³/mol. The molecule has 6 nitrogen and oxygen atoms in total. The van der Waals surface area contributed by atoms with Crippen LogP contribution in [0.25, 0.3) is 22.2 Å². The SMILES string of the molecule is CN(C)CCO[C@H]1COc2ccccc2-c2c([C@H]3CCCC[C@@H]3F)c3ccc(C(=O)O)cc3n2C1. The number of para-hydroxylation sites is 1. The molecule has 1 aliphatic heterocycles. The van der Waals surface area contributed by atoms with E-state index >= 15 is 4.39 Å². The van der Waals surface area contributed by atoms with E-state index in [0.29, 0.717) is 26.2 Å². The lowest BCUT2D eigenvalue weighted by Gasteiger charge is -2.29. The minimum atomic E-state index is -0.974. The average Bonchev–Trinajstić information content (AvgIpc) is 3.13. The molecule has 2 heterocycles. The van der Waals surface area contributed by atoms with Crippen molar-refractivity contribution < 1.29 is 23.8 Å². The molecule has 0 saturated heterocycles. The number of carboxylic acids is 1. The Bertz CT molecular complexity index is 1220. The van der Waals surface area contributed by atoms with Crippen LogP contribution in [0.15, 0.2) is 42.5 Å². The fraction of sp³-hybridized carbons (Fsp3) is 0.464. The molecule has 0 amide bonds. The van der Waals surface area contributed by atoms with Crippen LogP contribution < -0.4 is 4.74 Å². The summed E-state index contributed by atoms with van der Waals surface area (Å²) in [5.74, 6) is -0.472. The van der Waals surface area contributed by atoms with Crippen molar-refractivity contribution in [3.05, 3.63) is 53.6 Å². The number of hydrogen-bond donors (Lipinski definition) is 1. The van der Waals surface area contributed by atoms with Gasteiger partial charge in [0.1, 0.15) is 24.6 Å². The van der Waals surface area contributed by atoms with Gasteiger partial charge in [-0.15, -0.1) is 0 Å². The summed E-state index contributed by atoms with van der Waals surface area (Å²) < 4.78 is 30.1. The fourth-order valence-corrected chi connectivity index (χ4v) is 5.51. The molecule has 7 heteroatoms. The largest absolute Gasteiger partial charge is 0.490 e. The lowest BCUT2D eigenvalue weighted by Crippen LogP contribution is -2.32. The molecule has 3 atom stereocenters. The summed E-state index contributed by atoms with van der Waals surface area (Å²) in [7, 11) is 4.01. The topological polar surface area (TPSA) is 63.9 Å². The third-order valence-electron chi connectivity index (χ3n) is 7.25. The number of halogens is 1. The van der Waals surface area contributed by atoms with Crippen molar-refractivity contribution in [1.82, 2.24) is 9.47 Å². The third-order valence-corrected chi connectivity index (χ3v) is 7.25. The van der Waals surface area contributed by atoms with Crippen LogP contribution in [0.5, 0.6) is 5.75 Å². The van der Waals surface area contributed by atoms with E-state index in [1.54, 1.807) is 12.1 Å². The summed E-state index contributed by atoms with van der Waals surface area (Å²) in [4.78, 5) is 13.9. The summed E-state index contributed by atoms with van der Waals surface area (Å²) in [6.07, 6.45) is 2.06. The van der Waals surface area contributed by atoms with Crippen molar-refractivity contribution >= 4 is 16.9 Å². The molecule has 1 aromatic heterocycles. The van der Waals surface area contributed by atoms with E-state index < -0.39 is 12.1 Å². The Balaban J connectivity index is 1.72. The molecule has 35 heavy (non-hydrogen) atoms. The van der Waals surface area contributed by atoms with Gasteiger partial charge in [0.2, 0.25) is 0 Å². The number of alkyl halides is 1. The zero-order valence-electron chi connectivity index (χ0n) is 20.4.